The molecule has 0 aliphatic heterocycles. The summed E-state index contributed by atoms with van der Waals surface area (Å²) in [4.78, 5) is 0. The summed E-state index contributed by atoms with van der Waals surface area (Å²) >= 11 is 0. The van der Waals surface area contributed by atoms with Crippen LogP contribution in [0.2, 0.25) is 0 Å². The van der Waals surface area contributed by atoms with Crippen molar-refractivity contribution >= 4 is 32.3 Å². The molecule has 438 valence electrons. The zero-order valence-corrected chi connectivity index (χ0v) is 53.8. The van der Waals surface area contributed by atoms with Gasteiger partial charge >= 0.3 is 0 Å². The third-order valence-corrected chi connectivity index (χ3v) is 16.9. The van der Waals surface area contributed by atoms with Crippen LogP contribution in [0.4, 0.5) is 0 Å². The molecule has 0 amide bonds. The van der Waals surface area contributed by atoms with Gasteiger partial charge in [0.25, 0.3) is 0 Å². The van der Waals surface area contributed by atoms with Crippen molar-refractivity contribution in [1.29, 1.82) is 0 Å². The van der Waals surface area contributed by atoms with E-state index in [9.17, 15) is 0 Å². The van der Waals surface area contributed by atoms with Crippen molar-refractivity contribution < 1.29 is 0 Å². The summed E-state index contributed by atoms with van der Waals surface area (Å²) in [6, 6.07) is 95.8. The standard InChI is InChI=1S/C26H24.C26H30.2C11H10.C10H14.C2H6/c1-18-8-4-5-11-24(18)26-17-21(15-14-20(26)3)16-22-10-7-12-23-19(2)9-6-13-25(22)23;1-4-20(2)24-18-17-21(3)26(19-24)25-16-9-8-14-23(25)15-10-13-22-11-6-5-7-12-22;2*1-9-5-4-7-10-6-2-3-8-11(9)10;1-3-9(2)10-7-5-4-6-8-10;1-2/h4-15,17H,16H2,1-3H3;5-9,11-12,14,16-20H,4,10,13,15H2,1-3H3;2*2-8H,1H3;4-9H,3H2,1-2H3;1-2H3. The van der Waals surface area contributed by atoms with Gasteiger partial charge in [-0.1, -0.05) is 308 Å². The Morgan fingerprint density at radius 2 is 0.698 bits per heavy atom. The first-order chi connectivity index (χ1) is 41.9. The number of fused-ring (bicyclic) bond motifs is 3. The van der Waals surface area contributed by atoms with Crippen LogP contribution in [-0.2, 0) is 19.3 Å². The Morgan fingerprint density at radius 1 is 0.279 bits per heavy atom. The summed E-state index contributed by atoms with van der Waals surface area (Å²) in [5.74, 6) is 1.32. The van der Waals surface area contributed by atoms with E-state index in [1.807, 2.05) is 13.8 Å². The highest BCUT2D eigenvalue weighted by atomic mass is 14.2. The van der Waals surface area contributed by atoms with Crippen molar-refractivity contribution in [2.75, 3.05) is 0 Å². The lowest BCUT2D eigenvalue weighted by molar-refractivity contribution is 0.733. The van der Waals surface area contributed by atoms with Crippen LogP contribution in [-0.4, -0.2) is 0 Å². The predicted octanol–water partition coefficient (Wildman–Crippen LogP) is 24.9. The summed E-state index contributed by atoms with van der Waals surface area (Å²) < 4.78 is 0. The Kier molecular flexibility index (Phi) is 25.5. The van der Waals surface area contributed by atoms with Crippen molar-refractivity contribution in [1.82, 2.24) is 0 Å². The molecule has 86 heavy (non-hydrogen) atoms. The Bertz CT molecular complexity index is 3880. The molecular formula is C86H94. The molecule has 0 N–H and O–H groups in total. The minimum Gasteiger partial charge on any atom is -0.0683 e. The Balaban J connectivity index is 0.000000163. The summed E-state index contributed by atoms with van der Waals surface area (Å²) in [6.45, 7) is 26.2. The summed E-state index contributed by atoms with van der Waals surface area (Å²) in [5.41, 5.74) is 22.1. The van der Waals surface area contributed by atoms with Gasteiger partial charge < -0.3 is 0 Å². The van der Waals surface area contributed by atoms with E-state index in [0.717, 1.165) is 19.3 Å². The van der Waals surface area contributed by atoms with E-state index < -0.39 is 0 Å². The topological polar surface area (TPSA) is 0 Å². The highest BCUT2D eigenvalue weighted by Crippen LogP contribution is 2.33. The van der Waals surface area contributed by atoms with E-state index in [2.05, 4.69) is 336 Å². The van der Waals surface area contributed by atoms with Gasteiger partial charge in [-0.2, -0.15) is 0 Å². The van der Waals surface area contributed by atoms with Crippen LogP contribution in [0, 0.1) is 41.5 Å². The third-order valence-electron chi connectivity index (χ3n) is 16.9. The van der Waals surface area contributed by atoms with Gasteiger partial charge in [0.1, 0.15) is 0 Å². The molecule has 2 unspecified atom stereocenters. The lowest BCUT2D eigenvalue weighted by Gasteiger charge is -2.16. The number of hydrogen-bond acceptors (Lipinski definition) is 0. The monoisotopic (exact) mass is 1130 g/mol. The number of hydrogen-bond donors (Lipinski definition) is 0. The zero-order chi connectivity index (χ0) is 61.2. The first-order valence-electron chi connectivity index (χ1n) is 31.7. The van der Waals surface area contributed by atoms with Gasteiger partial charge in [0, 0.05) is 0 Å². The quantitative estimate of drug-likeness (QED) is 0.114. The minimum absolute atomic E-state index is 0.611. The Labute approximate surface area is 518 Å². The van der Waals surface area contributed by atoms with E-state index in [0.29, 0.717) is 11.8 Å². The lowest BCUT2D eigenvalue weighted by Crippen LogP contribution is -1.97. The van der Waals surface area contributed by atoms with Crippen molar-refractivity contribution in [3.05, 3.63) is 334 Å². The fourth-order valence-corrected chi connectivity index (χ4v) is 11.2. The van der Waals surface area contributed by atoms with E-state index in [1.54, 1.807) is 0 Å². The predicted molar refractivity (Wildman–Crippen MR) is 380 cm³/mol. The maximum absolute atomic E-state index is 2.42. The number of rotatable bonds is 12. The van der Waals surface area contributed by atoms with Gasteiger partial charge in [0.2, 0.25) is 0 Å². The van der Waals surface area contributed by atoms with Crippen LogP contribution >= 0.6 is 0 Å². The Hall–Kier alpha value is -8.58. The van der Waals surface area contributed by atoms with Crippen LogP contribution in [0.25, 0.3) is 54.6 Å². The zero-order valence-electron chi connectivity index (χ0n) is 53.8. The lowest BCUT2D eigenvalue weighted by atomic mass is 9.89. The fourth-order valence-electron chi connectivity index (χ4n) is 11.2. The van der Waals surface area contributed by atoms with Gasteiger partial charge in [0.15, 0.2) is 0 Å². The molecule has 12 aromatic carbocycles. The Morgan fingerprint density at radius 3 is 1.30 bits per heavy atom. The number of aryl methyl sites for hydroxylation is 8. The average Bonchev–Trinajstić information content (AvgIpc) is 2.40. The molecule has 2 atom stereocenters. The van der Waals surface area contributed by atoms with Crippen LogP contribution in [0.15, 0.2) is 267 Å². The maximum atomic E-state index is 2.42. The van der Waals surface area contributed by atoms with Crippen molar-refractivity contribution in [2.24, 2.45) is 0 Å². The number of benzene rings is 12. The first kappa shape index (κ1) is 65.0. The van der Waals surface area contributed by atoms with Gasteiger partial charge in [0.05, 0.1) is 0 Å². The van der Waals surface area contributed by atoms with Crippen molar-refractivity contribution in [2.45, 2.75) is 133 Å². The van der Waals surface area contributed by atoms with Crippen molar-refractivity contribution in [3.63, 3.8) is 0 Å². The second-order valence-corrected chi connectivity index (χ2v) is 22.9. The van der Waals surface area contributed by atoms with Crippen LogP contribution in [0.5, 0.6) is 0 Å². The molecule has 0 aliphatic carbocycles. The van der Waals surface area contributed by atoms with E-state index >= 15 is 0 Å². The molecule has 12 rings (SSSR count). The van der Waals surface area contributed by atoms with Crippen molar-refractivity contribution in [3.8, 4) is 22.3 Å². The van der Waals surface area contributed by atoms with Gasteiger partial charge in [-0.25, -0.2) is 0 Å². The molecule has 0 nitrogen and oxygen atoms in total. The second kappa shape index (κ2) is 33.8. The molecule has 0 heterocycles. The fraction of sp³-hybridized carbons (Fsp3) is 0.233. The smallest absolute Gasteiger partial charge is 0.00194 e. The minimum atomic E-state index is 0.611. The first-order valence-corrected chi connectivity index (χ1v) is 31.7. The molecule has 0 aromatic heterocycles. The van der Waals surface area contributed by atoms with Crippen LogP contribution in [0.1, 0.15) is 139 Å². The second-order valence-electron chi connectivity index (χ2n) is 22.9. The van der Waals surface area contributed by atoms with E-state index in [-0.39, 0.29) is 0 Å². The highest BCUT2D eigenvalue weighted by Gasteiger charge is 2.12. The molecule has 0 saturated carbocycles. The summed E-state index contributed by atoms with van der Waals surface area (Å²) in [5, 5.41) is 8.09. The van der Waals surface area contributed by atoms with Gasteiger partial charge in [-0.05, 0) is 213 Å². The van der Waals surface area contributed by atoms with Crippen LogP contribution < -0.4 is 0 Å². The van der Waals surface area contributed by atoms with Gasteiger partial charge in [-0.3, -0.25) is 0 Å². The molecule has 0 aliphatic rings. The molecule has 0 bridgehead atoms. The highest BCUT2D eigenvalue weighted by molar-refractivity contribution is 5.89. The van der Waals surface area contributed by atoms with Crippen LogP contribution in [0.3, 0.4) is 0 Å². The molecule has 0 saturated heterocycles. The third kappa shape index (κ3) is 18.2. The molecule has 0 spiro atoms. The normalized spacial score (nSPS) is 11.2. The molecule has 0 heteroatoms. The van der Waals surface area contributed by atoms with E-state index in [1.165, 1.54) is 141 Å². The molecular weight excluding hydrogens is 1030 g/mol. The largest absolute Gasteiger partial charge is 0.0683 e. The summed E-state index contributed by atoms with van der Waals surface area (Å²) in [7, 11) is 0. The average molecular weight is 1130 g/mol. The molecule has 0 fully saturated rings. The summed E-state index contributed by atoms with van der Waals surface area (Å²) in [6.07, 6.45) is 6.81. The SMILES string of the molecule is CC.CCC(C)c1ccc(C)c(-c2ccccc2CCCc2ccccc2)c1.CCC(C)c1ccccc1.Cc1cccc2ccccc12.Cc1cccc2ccccc12.Cc1ccccc1-c1cc(Cc2cccc3c(C)cccc23)ccc1C. The molecule has 0 radical (unpaired) electrons. The maximum Gasteiger partial charge on any atom is -0.00194 e. The van der Waals surface area contributed by atoms with E-state index in [4.69, 9.17) is 0 Å². The molecule has 12 aromatic rings. The van der Waals surface area contributed by atoms with Gasteiger partial charge in [-0.15, -0.1) is 0 Å².